The van der Waals surface area contributed by atoms with Gasteiger partial charge in [0.25, 0.3) is 0 Å². The van der Waals surface area contributed by atoms with Gasteiger partial charge in [-0.1, -0.05) is 36.4 Å². The summed E-state index contributed by atoms with van der Waals surface area (Å²) in [5.41, 5.74) is 2.00. The van der Waals surface area contributed by atoms with Gasteiger partial charge < -0.3 is 19.1 Å². The van der Waals surface area contributed by atoms with Gasteiger partial charge in [0.1, 0.15) is 17.6 Å². The minimum atomic E-state index is -0.272. The van der Waals surface area contributed by atoms with Gasteiger partial charge in [-0.2, -0.15) is 0 Å². The number of rotatable bonds is 6. The van der Waals surface area contributed by atoms with Crippen molar-refractivity contribution in [2.45, 2.75) is 32.4 Å². The summed E-state index contributed by atoms with van der Waals surface area (Å²) in [4.78, 5) is 29.4. The van der Waals surface area contributed by atoms with Crippen molar-refractivity contribution >= 4 is 11.9 Å². The van der Waals surface area contributed by atoms with E-state index in [4.69, 9.17) is 14.2 Å². The second kappa shape index (κ2) is 10.7. The predicted molar refractivity (Wildman–Crippen MR) is 124 cm³/mol. The van der Waals surface area contributed by atoms with Gasteiger partial charge in [-0.3, -0.25) is 14.5 Å². The molecule has 0 N–H and O–H groups in total. The number of likely N-dealkylation sites (tertiary alicyclic amines) is 1. The maximum absolute atomic E-state index is 13.2. The Kier molecular flexibility index (Phi) is 7.50. The molecule has 1 saturated heterocycles. The van der Waals surface area contributed by atoms with Gasteiger partial charge in [0.15, 0.2) is 0 Å². The van der Waals surface area contributed by atoms with Crippen LogP contribution in [0.3, 0.4) is 0 Å². The predicted octanol–water partition coefficient (Wildman–Crippen LogP) is 3.43. The highest BCUT2D eigenvalue weighted by atomic mass is 16.5. The van der Waals surface area contributed by atoms with Gasteiger partial charge in [0.2, 0.25) is 5.91 Å². The van der Waals surface area contributed by atoms with Gasteiger partial charge in [0, 0.05) is 37.3 Å². The number of carbonyl (C=O) groups is 2. The first kappa shape index (κ1) is 23.1. The van der Waals surface area contributed by atoms with Crippen LogP contribution in [-0.2, 0) is 20.9 Å². The zero-order valence-electron chi connectivity index (χ0n) is 19.4. The van der Waals surface area contributed by atoms with E-state index in [-0.39, 0.29) is 30.4 Å². The van der Waals surface area contributed by atoms with E-state index in [2.05, 4.69) is 4.90 Å². The van der Waals surface area contributed by atoms with Crippen LogP contribution in [-0.4, -0.2) is 61.6 Å². The number of para-hydroxylation sites is 2. The molecule has 0 saturated carbocycles. The number of esters is 1. The molecule has 1 fully saturated rings. The molecule has 2 heterocycles. The fourth-order valence-corrected chi connectivity index (χ4v) is 4.64. The smallest absolute Gasteiger partial charge is 0.310 e. The third-order valence-electron chi connectivity index (χ3n) is 6.30. The first-order valence-corrected chi connectivity index (χ1v) is 11.6. The van der Waals surface area contributed by atoms with Crippen molar-refractivity contribution in [2.75, 3.05) is 39.9 Å². The molecule has 7 nitrogen and oxygen atoms in total. The van der Waals surface area contributed by atoms with Crippen molar-refractivity contribution in [2.24, 2.45) is 5.92 Å². The van der Waals surface area contributed by atoms with Crippen molar-refractivity contribution in [3.05, 3.63) is 59.7 Å². The highest BCUT2D eigenvalue weighted by molar-refractivity contribution is 5.80. The lowest BCUT2D eigenvalue weighted by atomic mass is 9.98. The number of carbonyl (C=O) groups excluding carboxylic acids is 2. The van der Waals surface area contributed by atoms with Crippen molar-refractivity contribution < 1.29 is 23.8 Å². The van der Waals surface area contributed by atoms with E-state index in [1.807, 2.05) is 48.5 Å². The first-order chi connectivity index (χ1) is 16.1. The number of ether oxygens (including phenoxy) is 3. The number of hydrogen-bond donors (Lipinski definition) is 0. The van der Waals surface area contributed by atoms with Crippen LogP contribution in [0, 0.1) is 5.92 Å². The van der Waals surface area contributed by atoms with Crippen LogP contribution in [0.2, 0.25) is 0 Å². The molecule has 0 aromatic heterocycles. The van der Waals surface area contributed by atoms with Crippen LogP contribution in [0.25, 0.3) is 0 Å². The summed E-state index contributed by atoms with van der Waals surface area (Å²) < 4.78 is 17.2. The maximum Gasteiger partial charge on any atom is 0.310 e. The Labute approximate surface area is 195 Å². The molecular formula is C26H32N2O5. The van der Waals surface area contributed by atoms with E-state index in [1.54, 1.807) is 18.9 Å². The molecule has 2 atom stereocenters. The number of fused-ring (bicyclic) bond motifs is 1. The molecule has 0 aliphatic carbocycles. The molecule has 4 rings (SSSR count). The summed E-state index contributed by atoms with van der Waals surface area (Å²) >= 11 is 0. The average molecular weight is 453 g/mol. The minimum Gasteiger partial charge on any atom is -0.496 e. The van der Waals surface area contributed by atoms with Crippen molar-refractivity contribution in [3.8, 4) is 11.5 Å². The quantitative estimate of drug-likeness (QED) is 0.626. The van der Waals surface area contributed by atoms with Crippen LogP contribution >= 0.6 is 0 Å². The monoisotopic (exact) mass is 452 g/mol. The second-order valence-corrected chi connectivity index (χ2v) is 8.56. The van der Waals surface area contributed by atoms with E-state index in [9.17, 15) is 9.59 Å². The zero-order chi connectivity index (χ0) is 23.2. The highest BCUT2D eigenvalue weighted by Crippen LogP contribution is 2.34. The Hall–Kier alpha value is -3.06. The van der Waals surface area contributed by atoms with E-state index in [0.29, 0.717) is 32.8 Å². The summed E-state index contributed by atoms with van der Waals surface area (Å²) in [6.07, 6.45) is 1.31. The molecule has 7 heteroatoms. The standard InChI is InChI=1S/C26H32N2O5/c1-3-32-26(30)20-10-8-14-28(16-20)25(29)18-27-15-19-9-4-6-12-22(19)33-24(17-27)21-11-5-7-13-23(21)31-2/h4-7,9,11-13,20,24H,3,8,10,14-18H2,1-2H3/t20-,24-/m0/s1. The van der Waals surface area contributed by atoms with E-state index in [1.165, 1.54) is 0 Å². The Balaban J connectivity index is 1.51. The molecule has 0 unspecified atom stereocenters. The molecule has 0 radical (unpaired) electrons. The van der Waals surface area contributed by atoms with Crippen molar-refractivity contribution in [1.29, 1.82) is 0 Å². The van der Waals surface area contributed by atoms with Gasteiger partial charge >= 0.3 is 5.97 Å². The summed E-state index contributed by atoms with van der Waals surface area (Å²) in [5, 5.41) is 0. The number of piperidine rings is 1. The molecule has 0 spiro atoms. The molecule has 33 heavy (non-hydrogen) atoms. The second-order valence-electron chi connectivity index (χ2n) is 8.56. The Morgan fingerprint density at radius 1 is 1.09 bits per heavy atom. The number of amides is 1. The van der Waals surface area contributed by atoms with Crippen molar-refractivity contribution in [1.82, 2.24) is 9.80 Å². The van der Waals surface area contributed by atoms with E-state index >= 15 is 0 Å². The molecule has 1 amide bonds. The van der Waals surface area contributed by atoms with Crippen molar-refractivity contribution in [3.63, 3.8) is 0 Å². The molecule has 2 aliphatic rings. The van der Waals surface area contributed by atoms with Crippen LogP contribution in [0.1, 0.15) is 37.0 Å². The zero-order valence-corrected chi connectivity index (χ0v) is 19.4. The molecule has 2 aromatic carbocycles. The van der Waals surface area contributed by atoms with Crippen LogP contribution in [0.5, 0.6) is 11.5 Å². The topological polar surface area (TPSA) is 68.3 Å². The molecule has 0 bridgehead atoms. The van der Waals surface area contributed by atoms with Crippen LogP contribution in [0.4, 0.5) is 0 Å². The number of benzene rings is 2. The lowest BCUT2D eigenvalue weighted by Gasteiger charge is -2.33. The first-order valence-electron chi connectivity index (χ1n) is 11.6. The highest BCUT2D eigenvalue weighted by Gasteiger charge is 2.32. The third-order valence-corrected chi connectivity index (χ3v) is 6.30. The van der Waals surface area contributed by atoms with Crippen LogP contribution in [0.15, 0.2) is 48.5 Å². The van der Waals surface area contributed by atoms with Gasteiger partial charge in [-0.15, -0.1) is 0 Å². The fourth-order valence-electron chi connectivity index (χ4n) is 4.64. The summed E-state index contributed by atoms with van der Waals surface area (Å²) in [6.45, 7) is 4.69. The Morgan fingerprint density at radius 2 is 1.88 bits per heavy atom. The summed E-state index contributed by atoms with van der Waals surface area (Å²) in [5.74, 6) is 1.17. The number of methoxy groups -OCH3 is 1. The molecule has 176 valence electrons. The largest absolute Gasteiger partial charge is 0.496 e. The third kappa shape index (κ3) is 5.47. The molecule has 2 aromatic rings. The van der Waals surface area contributed by atoms with E-state index in [0.717, 1.165) is 35.5 Å². The normalized spacial score (nSPS) is 20.8. The fraction of sp³-hybridized carbons (Fsp3) is 0.462. The summed E-state index contributed by atoms with van der Waals surface area (Å²) in [6, 6.07) is 15.8. The average Bonchev–Trinajstić information content (AvgIpc) is 3.03. The Morgan fingerprint density at radius 3 is 2.70 bits per heavy atom. The van der Waals surface area contributed by atoms with Gasteiger partial charge in [0.05, 0.1) is 26.2 Å². The Bertz CT molecular complexity index is 979. The number of nitrogens with zero attached hydrogens (tertiary/aromatic N) is 2. The SMILES string of the molecule is CCOC(=O)[C@H]1CCCN(C(=O)CN2Cc3ccccc3O[C@H](c3ccccc3OC)C2)C1. The molecular weight excluding hydrogens is 420 g/mol. The van der Waals surface area contributed by atoms with Gasteiger partial charge in [-0.25, -0.2) is 0 Å². The van der Waals surface area contributed by atoms with E-state index < -0.39 is 0 Å². The van der Waals surface area contributed by atoms with Crippen LogP contribution < -0.4 is 9.47 Å². The lowest BCUT2D eigenvalue weighted by Crippen LogP contribution is -2.47. The number of hydrogen-bond acceptors (Lipinski definition) is 6. The van der Waals surface area contributed by atoms with Gasteiger partial charge in [-0.05, 0) is 31.9 Å². The minimum absolute atomic E-state index is 0.0298. The molecule has 2 aliphatic heterocycles. The summed E-state index contributed by atoms with van der Waals surface area (Å²) in [7, 11) is 1.65. The lowest BCUT2D eigenvalue weighted by molar-refractivity contribution is -0.151. The maximum atomic E-state index is 13.2.